The summed E-state index contributed by atoms with van der Waals surface area (Å²) in [5.74, 6) is 6.09. The summed E-state index contributed by atoms with van der Waals surface area (Å²) in [6, 6.07) is 0. The minimum Gasteiger partial charge on any atom is -0.377 e. The third-order valence-corrected chi connectivity index (χ3v) is 3.80. The van der Waals surface area contributed by atoms with Crippen LogP contribution in [-0.2, 0) is 4.79 Å². The predicted molar refractivity (Wildman–Crippen MR) is 69.3 cm³/mol. The van der Waals surface area contributed by atoms with Crippen molar-refractivity contribution in [1.82, 2.24) is 0 Å². The molecule has 0 spiro atoms. The van der Waals surface area contributed by atoms with E-state index in [9.17, 15) is 9.90 Å². The lowest BCUT2D eigenvalue weighted by molar-refractivity contribution is -0.140. The molecular formula is C15H22O2. The van der Waals surface area contributed by atoms with Crippen molar-refractivity contribution < 1.29 is 9.90 Å². The highest BCUT2D eigenvalue weighted by atomic mass is 16.3. The molecule has 1 aliphatic carbocycles. The molecule has 0 aromatic heterocycles. The number of ketones is 1. The standard InChI is InChI=1S/C15H22O2/c1-6-11(2)7-8-15(17)12(3)9-13(16)10-14(15,4)5/h6,12,17H,9-10H2,1-5H3/b11-6+. The molecule has 1 N–H and O–H groups in total. The van der Waals surface area contributed by atoms with Gasteiger partial charge in [0.25, 0.3) is 0 Å². The number of hydrogen-bond donors (Lipinski definition) is 1. The Morgan fingerprint density at radius 1 is 1.53 bits per heavy atom. The zero-order valence-electron chi connectivity index (χ0n) is 11.4. The molecule has 0 aromatic carbocycles. The molecule has 0 aliphatic heterocycles. The van der Waals surface area contributed by atoms with Gasteiger partial charge in [0.15, 0.2) is 0 Å². The van der Waals surface area contributed by atoms with Crippen molar-refractivity contribution in [1.29, 1.82) is 0 Å². The van der Waals surface area contributed by atoms with Gasteiger partial charge in [-0.1, -0.05) is 38.7 Å². The van der Waals surface area contributed by atoms with Crippen molar-refractivity contribution in [2.45, 2.75) is 53.1 Å². The summed E-state index contributed by atoms with van der Waals surface area (Å²) in [6.07, 6.45) is 2.74. The lowest BCUT2D eigenvalue weighted by atomic mass is 9.60. The van der Waals surface area contributed by atoms with Gasteiger partial charge in [0.1, 0.15) is 11.4 Å². The van der Waals surface area contributed by atoms with Crippen LogP contribution in [0.2, 0.25) is 0 Å². The molecule has 0 heterocycles. The van der Waals surface area contributed by atoms with Crippen LogP contribution in [0, 0.1) is 23.2 Å². The van der Waals surface area contributed by atoms with Gasteiger partial charge in [0, 0.05) is 24.2 Å². The monoisotopic (exact) mass is 234 g/mol. The largest absolute Gasteiger partial charge is 0.377 e. The molecular weight excluding hydrogens is 212 g/mol. The van der Waals surface area contributed by atoms with Crippen LogP contribution in [0.1, 0.15) is 47.5 Å². The lowest BCUT2D eigenvalue weighted by Crippen LogP contribution is -2.53. The van der Waals surface area contributed by atoms with Gasteiger partial charge in [-0.05, 0) is 19.4 Å². The second kappa shape index (κ2) is 4.66. The second-order valence-electron chi connectivity index (χ2n) is 5.69. The zero-order chi connectivity index (χ0) is 13.3. The molecule has 0 amide bonds. The summed E-state index contributed by atoms with van der Waals surface area (Å²) in [7, 11) is 0. The molecule has 0 bridgehead atoms. The average molecular weight is 234 g/mol. The molecule has 0 radical (unpaired) electrons. The molecule has 0 aromatic rings. The van der Waals surface area contributed by atoms with Gasteiger partial charge in [-0.25, -0.2) is 0 Å². The van der Waals surface area contributed by atoms with Gasteiger partial charge in [-0.3, -0.25) is 4.79 Å². The van der Waals surface area contributed by atoms with E-state index in [1.54, 1.807) is 0 Å². The summed E-state index contributed by atoms with van der Waals surface area (Å²) < 4.78 is 0. The number of Topliss-reactive ketones (excluding diaryl/α,β-unsaturated/α-hetero) is 1. The first-order valence-corrected chi connectivity index (χ1v) is 6.13. The maximum Gasteiger partial charge on any atom is 0.134 e. The van der Waals surface area contributed by atoms with Crippen molar-refractivity contribution in [2.24, 2.45) is 11.3 Å². The molecule has 1 saturated carbocycles. The number of allylic oxidation sites excluding steroid dienone is 2. The van der Waals surface area contributed by atoms with Crippen LogP contribution >= 0.6 is 0 Å². The maximum absolute atomic E-state index is 11.6. The van der Waals surface area contributed by atoms with Crippen molar-refractivity contribution in [2.75, 3.05) is 0 Å². The highest BCUT2D eigenvalue weighted by Gasteiger charge is 2.51. The van der Waals surface area contributed by atoms with Gasteiger partial charge in [0.2, 0.25) is 0 Å². The highest BCUT2D eigenvalue weighted by Crippen LogP contribution is 2.45. The molecule has 17 heavy (non-hydrogen) atoms. The van der Waals surface area contributed by atoms with Gasteiger partial charge in [0.05, 0.1) is 0 Å². The molecule has 0 saturated heterocycles. The van der Waals surface area contributed by atoms with Crippen molar-refractivity contribution in [3.05, 3.63) is 11.6 Å². The van der Waals surface area contributed by atoms with E-state index in [1.165, 1.54) is 0 Å². The van der Waals surface area contributed by atoms with Crippen LogP contribution in [0.15, 0.2) is 11.6 Å². The number of rotatable bonds is 0. The quantitative estimate of drug-likeness (QED) is 0.654. The molecule has 2 nitrogen and oxygen atoms in total. The van der Waals surface area contributed by atoms with E-state index in [0.29, 0.717) is 12.8 Å². The Kier molecular flexibility index (Phi) is 3.84. The first-order valence-electron chi connectivity index (χ1n) is 6.13. The summed E-state index contributed by atoms with van der Waals surface area (Å²) in [5.41, 5.74) is -0.619. The van der Waals surface area contributed by atoms with Crippen LogP contribution in [0.3, 0.4) is 0 Å². The molecule has 1 rings (SSSR count). The Bertz CT molecular complexity index is 406. The Labute approximate surface area is 104 Å². The van der Waals surface area contributed by atoms with Crippen molar-refractivity contribution >= 4 is 5.78 Å². The van der Waals surface area contributed by atoms with E-state index >= 15 is 0 Å². The summed E-state index contributed by atoms with van der Waals surface area (Å²) in [6.45, 7) is 9.58. The predicted octanol–water partition coefficient (Wildman–Crippen LogP) is 2.71. The first kappa shape index (κ1) is 14.0. The fourth-order valence-electron chi connectivity index (χ4n) is 2.41. The van der Waals surface area contributed by atoms with Gasteiger partial charge in [-0.15, -0.1) is 0 Å². The molecule has 2 unspecified atom stereocenters. The van der Waals surface area contributed by atoms with E-state index < -0.39 is 11.0 Å². The SMILES string of the molecule is C/C=C(\C)C#CC1(O)C(C)CC(=O)CC1(C)C. The van der Waals surface area contributed by atoms with Gasteiger partial charge in [-0.2, -0.15) is 0 Å². The van der Waals surface area contributed by atoms with E-state index in [4.69, 9.17) is 0 Å². The van der Waals surface area contributed by atoms with E-state index in [1.807, 2.05) is 40.7 Å². The Hall–Kier alpha value is -1.07. The summed E-state index contributed by atoms with van der Waals surface area (Å²) in [4.78, 5) is 11.6. The molecule has 2 atom stereocenters. The first-order chi connectivity index (χ1) is 7.73. The lowest BCUT2D eigenvalue weighted by Gasteiger charge is -2.46. The fraction of sp³-hybridized carbons (Fsp3) is 0.667. The summed E-state index contributed by atoms with van der Waals surface area (Å²) >= 11 is 0. The fourth-order valence-corrected chi connectivity index (χ4v) is 2.41. The van der Waals surface area contributed by atoms with Gasteiger partial charge < -0.3 is 5.11 Å². The number of carbonyl (C=O) groups is 1. The number of carbonyl (C=O) groups excluding carboxylic acids is 1. The molecule has 1 fully saturated rings. The van der Waals surface area contributed by atoms with Crippen LogP contribution in [0.25, 0.3) is 0 Å². The van der Waals surface area contributed by atoms with Crippen LogP contribution in [0.4, 0.5) is 0 Å². The third kappa shape index (κ3) is 2.61. The molecule has 2 heteroatoms. The minimum absolute atomic E-state index is 0.115. The maximum atomic E-state index is 11.6. The zero-order valence-corrected chi connectivity index (χ0v) is 11.4. The van der Waals surface area contributed by atoms with E-state index in [-0.39, 0.29) is 11.7 Å². The average Bonchev–Trinajstić information content (AvgIpc) is 2.22. The Morgan fingerprint density at radius 3 is 2.59 bits per heavy atom. The smallest absolute Gasteiger partial charge is 0.134 e. The Balaban J connectivity index is 3.13. The number of hydrogen-bond acceptors (Lipinski definition) is 2. The van der Waals surface area contributed by atoms with E-state index in [2.05, 4.69) is 11.8 Å². The Morgan fingerprint density at radius 2 is 2.12 bits per heavy atom. The van der Waals surface area contributed by atoms with Crippen LogP contribution < -0.4 is 0 Å². The molecule has 94 valence electrons. The summed E-state index contributed by atoms with van der Waals surface area (Å²) in [5, 5.41) is 10.8. The van der Waals surface area contributed by atoms with E-state index in [0.717, 1.165) is 5.57 Å². The van der Waals surface area contributed by atoms with Crippen LogP contribution in [0.5, 0.6) is 0 Å². The third-order valence-electron chi connectivity index (χ3n) is 3.80. The van der Waals surface area contributed by atoms with Crippen molar-refractivity contribution in [3.63, 3.8) is 0 Å². The van der Waals surface area contributed by atoms with Gasteiger partial charge >= 0.3 is 0 Å². The van der Waals surface area contributed by atoms with Crippen molar-refractivity contribution in [3.8, 4) is 11.8 Å². The highest BCUT2D eigenvalue weighted by molar-refractivity contribution is 5.81. The molecule has 1 aliphatic rings. The minimum atomic E-state index is -1.08. The topological polar surface area (TPSA) is 37.3 Å². The normalized spacial score (nSPS) is 32.9. The number of aliphatic hydroxyl groups is 1. The van der Waals surface area contributed by atoms with Crippen LogP contribution in [-0.4, -0.2) is 16.5 Å². The second-order valence-corrected chi connectivity index (χ2v) is 5.69.